The quantitative estimate of drug-likeness (QED) is 0.756. The summed E-state index contributed by atoms with van der Waals surface area (Å²) < 4.78 is 15.5. The molecule has 2 N–H and O–H groups in total. The zero-order valence-corrected chi connectivity index (χ0v) is 12.9. The van der Waals surface area contributed by atoms with E-state index in [1.165, 1.54) is 10.6 Å². The summed E-state index contributed by atoms with van der Waals surface area (Å²) in [6.45, 7) is 4.02. The third kappa shape index (κ3) is 3.00. The number of hydrogen-bond donors (Lipinski definition) is 2. The average molecular weight is 315 g/mol. The van der Waals surface area contributed by atoms with E-state index in [1.807, 2.05) is 13.8 Å². The Morgan fingerprint density at radius 3 is 2.65 bits per heavy atom. The van der Waals surface area contributed by atoms with Crippen molar-refractivity contribution in [3.63, 3.8) is 0 Å². The zero-order chi connectivity index (χ0) is 16.4. The maximum Gasteiger partial charge on any atom is 0.188 e. The first-order valence-electron chi connectivity index (χ1n) is 7.45. The Bertz CT molecular complexity index is 817. The highest BCUT2D eigenvalue weighted by Crippen LogP contribution is 2.21. The molecule has 0 saturated carbocycles. The molecule has 1 atom stereocenters. The van der Waals surface area contributed by atoms with Crippen molar-refractivity contribution < 1.29 is 9.50 Å². The van der Waals surface area contributed by atoms with Gasteiger partial charge in [0.05, 0.1) is 18.2 Å². The van der Waals surface area contributed by atoms with Gasteiger partial charge in [-0.15, -0.1) is 15.3 Å². The van der Waals surface area contributed by atoms with Crippen LogP contribution in [0.3, 0.4) is 0 Å². The molecule has 23 heavy (non-hydrogen) atoms. The lowest BCUT2D eigenvalue weighted by Gasteiger charge is -2.20. The Labute approximate surface area is 133 Å². The van der Waals surface area contributed by atoms with Gasteiger partial charge in [0.2, 0.25) is 0 Å². The van der Waals surface area contributed by atoms with Crippen LogP contribution in [0.5, 0.6) is 0 Å². The van der Waals surface area contributed by atoms with Crippen molar-refractivity contribution in [2.75, 3.05) is 11.9 Å². The molecule has 0 fully saturated rings. The number of halogens is 1. The lowest BCUT2D eigenvalue weighted by Crippen LogP contribution is -2.30. The second kappa shape index (κ2) is 6.29. The number of aromatic nitrogens is 4. The van der Waals surface area contributed by atoms with Crippen LogP contribution in [-0.2, 0) is 0 Å². The predicted octanol–water partition coefficient (Wildman–Crippen LogP) is 2.36. The Hall–Kier alpha value is -2.54. The second-order valence-corrected chi connectivity index (χ2v) is 5.67. The van der Waals surface area contributed by atoms with E-state index in [0.29, 0.717) is 22.9 Å². The molecule has 6 nitrogen and oxygen atoms in total. The predicted molar refractivity (Wildman–Crippen MR) is 85.5 cm³/mol. The number of benzene rings is 1. The van der Waals surface area contributed by atoms with Gasteiger partial charge in [0.1, 0.15) is 11.6 Å². The van der Waals surface area contributed by atoms with Gasteiger partial charge < -0.3 is 10.4 Å². The molecule has 120 valence electrons. The van der Waals surface area contributed by atoms with Crippen molar-refractivity contribution in [3.8, 4) is 11.4 Å². The first kappa shape index (κ1) is 15.4. The molecule has 3 aromatic rings. The molecule has 3 rings (SSSR count). The van der Waals surface area contributed by atoms with Gasteiger partial charge >= 0.3 is 0 Å². The summed E-state index contributed by atoms with van der Waals surface area (Å²) in [5, 5.41) is 25.1. The maximum atomic E-state index is 14.0. The molecule has 0 amide bonds. The van der Waals surface area contributed by atoms with Crippen molar-refractivity contribution in [2.24, 2.45) is 5.92 Å². The number of nitrogens with zero attached hydrogens (tertiary/aromatic N) is 4. The molecule has 2 heterocycles. The summed E-state index contributed by atoms with van der Waals surface area (Å²) in [5.41, 5.74) is 0.867. The van der Waals surface area contributed by atoms with E-state index in [4.69, 9.17) is 0 Å². The van der Waals surface area contributed by atoms with Crippen LogP contribution in [0.1, 0.15) is 13.8 Å². The van der Waals surface area contributed by atoms with Gasteiger partial charge in [-0.3, -0.25) is 0 Å². The minimum absolute atomic E-state index is 0.000265. The van der Waals surface area contributed by atoms with Crippen molar-refractivity contribution in [1.29, 1.82) is 0 Å². The van der Waals surface area contributed by atoms with Crippen LogP contribution in [0.4, 0.5) is 10.2 Å². The fourth-order valence-corrected chi connectivity index (χ4v) is 2.29. The van der Waals surface area contributed by atoms with Crippen LogP contribution in [0, 0.1) is 11.7 Å². The fraction of sp³-hybridized carbons (Fsp3) is 0.312. The van der Waals surface area contributed by atoms with Crippen LogP contribution in [0.15, 0.2) is 36.4 Å². The molecule has 0 aliphatic heterocycles. The van der Waals surface area contributed by atoms with E-state index in [1.54, 1.807) is 30.3 Å². The first-order valence-corrected chi connectivity index (χ1v) is 7.45. The number of anilines is 1. The van der Waals surface area contributed by atoms with Gasteiger partial charge in [-0.25, -0.2) is 4.39 Å². The minimum Gasteiger partial charge on any atom is -0.394 e. The summed E-state index contributed by atoms with van der Waals surface area (Å²) in [4.78, 5) is 0. The molecule has 0 aliphatic carbocycles. The molecule has 1 aromatic carbocycles. The number of aliphatic hydroxyl groups is 1. The highest BCUT2D eigenvalue weighted by atomic mass is 19.1. The van der Waals surface area contributed by atoms with Gasteiger partial charge in [0, 0.05) is 0 Å². The zero-order valence-electron chi connectivity index (χ0n) is 12.9. The van der Waals surface area contributed by atoms with Crippen LogP contribution >= 0.6 is 0 Å². The summed E-state index contributed by atoms with van der Waals surface area (Å²) in [5.74, 6) is 0.774. The van der Waals surface area contributed by atoms with Crippen molar-refractivity contribution in [2.45, 2.75) is 19.9 Å². The second-order valence-electron chi connectivity index (χ2n) is 5.67. The van der Waals surface area contributed by atoms with E-state index in [0.717, 1.165) is 0 Å². The molecule has 0 spiro atoms. The average Bonchev–Trinajstić information content (AvgIpc) is 2.95. The maximum absolute atomic E-state index is 14.0. The fourth-order valence-electron chi connectivity index (χ4n) is 2.29. The smallest absolute Gasteiger partial charge is 0.188 e. The first-order chi connectivity index (χ1) is 11.1. The van der Waals surface area contributed by atoms with Gasteiger partial charge in [-0.1, -0.05) is 26.0 Å². The minimum atomic E-state index is -0.377. The van der Waals surface area contributed by atoms with Crippen LogP contribution in [0.25, 0.3) is 17.0 Å². The molecule has 0 bridgehead atoms. The summed E-state index contributed by atoms with van der Waals surface area (Å²) >= 11 is 0. The van der Waals surface area contributed by atoms with E-state index < -0.39 is 0 Å². The lowest BCUT2D eigenvalue weighted by atomic mass is 10.1. The molecule has 0 aliphatic rings. The SMILES string of the molecule is CC(C)[C@@H](CO)Nc1ccc2nnc(-c3ccccc3F)n2n1. The van der Waals surface area contributed by atoms with Crippen LogP contribution in [0.2, 0.25) is 0 Å². The van der Waals surface area contributed by atoms with E-state index in [-0.39, 0.29) is 24.4 Å². The summed E-state index contributed by atoms with van der Waals surface area (Å²) in [6.07, 6.45) is 0. The molecule has 0 radical (unpaired) electrons. The standard InChI is InChI=1S/C16H18FN5O/c1-10(2)13(9-23)18-14-7-8-15-19-20-16(22(15)21-14)11-5-3-4-6-12(11)17/h3-8,10,13,23H,9H2,1-2H3,(H,18,21)/t13-/m1/s1. The van der Waals surface area contributed by atoms with Gasteiger partial charge in [-0.05, 0) is 30.2 Å². The third-order valence-electron chi connectivity index (χ3n) is 3.71. The third-order valence-corrected chi connectivity index (χ3v) is 3.71. The van der Waals surface area contributed by atoms with Gasteiger partial charge in [-0.2, -0.15) is 4.52 Å². The largest absolute Gasteiger partial charge is 0.394 e. The number of hydrogen-bond acceptors (Lipinski definition) is 5. The molecule has 2 aromatic heterocycles. The Balaban J connectivity index is 2.02. The Kier molecular flexibility index (Phi) is 4.20. The highest BCUT2D eigenvalue weighted by molar-refractivity contribution is 5.60. The summed E-state index contributed by atoms with van der Waals surface area (Å²) in [6, 6.07) is 9.77. The topological polar surface area (TPSA) is 75.3 Å². The van der Waals surface area contributed by atoms with E-state index in [9.17, 15) is 9.50 Å². The van der Waals surface area contributed by atoms with E-state index in [2.05, 4.69) is 20.6 Å². The molecule has 7 heteroatoms. The van der Waals surface area contributed by atoms with Gasteiger partial charge in [0.15, 0.2) is 11.5 Å². The van der Waals surface area contributed by atoms with Crippen LogP contribution < -0.4 is 5.32 Å². The van der Waals surface area contributed by atoms with Crippen molar-refractivity contribution in [3.05, 3.63) is 42.2 Å². The Morgan fingerprint density at radius 1 is 1.17 bits per heavy atom. The normalized spacial score (nSPS) is 12.7. The van der Waals surface area contributed by atoms with Crippen molar-refractivity contribution in [1.82, 2.24) is 19.8 Å². The van der Waals surface area contributed by atoms with Crippen LogP contribution in [-0.4, -0.2) is 37.6 Å². The monoisotopic (exact) mass is 315 g/mol. The molecular weight excluding hydrogens is 297 g/mol. The molecule has 0 saturated heterocycles. The highest BCUT2D eigenvalue weighted by Gasteiger charge is 2.16. The molecular formula is C16H18FN5O. The lowest BCUT2D eigenvalue weighted by molar-refractivity contribution is 0.249. The number of aliphatic hydroxyl groups excluding tert-OH is 1. The van der Waals surface area contributed by atoms with Gasteiger partial charge in [0.25, 0.3) is 0 Å². The Morgan fingerprint density at radius 2 is 1.96 bits per heavy atom. The van der Waals surface area contributed by atoms with E-state index >= 15 is 0 Å². The molecule has 0 unspecified atom stereocenters. The summed E-state index contributed by atoms with van der Waals surface area (Å²) in [7, 11) is 0. The number of rotatable bonds is 5. The van der Waals surface area contributed by atoms with Crippen molar-refractivity contribution >= 4 is 11.5 Å². The number of nitrogens with one attached hydrogen (secondary N) is 1. The number of fused-ring (bicyclic) bond motifs is 1.